The van der Waals surface area contributed by atoms with Crippen molar-refractivity contribution in [2.24, 2.45) is 0 Å². The van der Waals surface area contributed by atoms with Crippen molar-refractivity contribution in [1.29, 1.82) is 0 Å². The van der Waals surface area contributed by atoms with E-state index in [0.717, 1.165) is 6.92 Å². The Morgan fingerprint density at radius 3 is 1.08 bits per heavy atom. The quantitative estimate of drug-likeness (QED) is 0.387. The molecule has 0 saturated heterocycles. The van der Waals surface area contributed by atoms with E-state index >= 15 is 0 Å². The van der Waals surface area contributed by atoms with Crippen molar-refractivity contribution in [3.05, 3.63) is 0 Å². The van der Waals surface area contributed by atoms with Gasteiger partial charge in [-0.15, -0.1) is 0 Å². The van der Waals surface area contributed by atoms with Gasteiger partial charge in [-0.3, -0.25) is 4.79 Å². The molecule has 0 atom stereocenters. The van der Waals surface area contributed by atoms with Gasteiger partial charge >= 0.3 is 33.2 Å². The summed E-state index contributed by atoms with van der Waals surface area (Å²) >= 11 is 0.382. The van der Waals surface area contributed by atoms with Crippen molar-refractivity contribution in [2.75, 3.05) is 0 Å². The zero-order chi connectivity index (χ0) is 6.28. The predicted molar refractivity (Wildman–Crippen MR) is 50.1 cm³/mol. The van der Waals surface area contributed by atoms with E-state index in [1.54, 1.807) is 0 Å². The molecule has 0 aliphatic carbocycles. The van der Waals surface area contributed by atoms with E-state index in [4.69, 9.17) is 30.2 Å². The molecular weight excluding hydrogens is 256 g/mol. The van der Waals surface area contributed by atoms with Gasteiger partial charge in [-0.25, -0.2) is 0 Å². The van der Waals surface area contributed by atoms with Crippen molar-refractivity contribution in [2.45, 2.75) is 6.92 Å². The van der Waals surface area contributed by atoms with Gasteiger partial charge in [0.1, 0.15) is 0 Å². The summed E-state index contributed by atoms with van der Waals surface area (Å²) in [6.45, 7) is 1.08. The first-order valence-corrected chi connectivity index (χ1v) is 4.04. The van der Waals surface area contributed by atoms with Gasteiger partial charge in [-0.1, -0.05) is 0 Å². The van der Waals surface area contributed by atoms with E-state index in [2.05, 4.69) is 0 Å². The van der Waals surface area contributed by atoms with Crippen LogP contribution in [0.4, 0.5) is 0 Å². The van der Waals surface area contributed by atoms with Gasteiger partial charge in [0.25, 0.3) is 5.97 Å². The summed E-state index contributed by atoms with van der Waals surface area (Å²) in [6.07, 6.45) is 0. The minimum absolute atomic E-state index is 0. The van der Waals surface area contributed by atoms with Gasteiger partial charge in [0.15, 0.2) is 0 Å². The van der Waals surface area contributed by atoms with Crippen molar-refractivity contribution < 1.29 is 22.8 Å². The fraction of sp³-hybridized carbons (Fsp3) is 0.500. The Kier molecular flexibility index (Phi) is 297. The zero-order valence-electron chi connectivity index (χ0n) is 6.98. The third-order valence-corrected chi connectivity index (χ3v) is 0. The van der Waals surface area contributed by atoms with Crippen LogP contribution in [0, 0.1) is 0 Å². The Balaban J connectivity index is -0.00000000597. The number of hydrogen-bond acceptors (Lipinski definition) is 6. The standard InChI is InChI=1S/C2H4O2.2ClH.Co.5H3N/c1-2(3)4;;;;;;;;/h1H3,(H,3,4);2*1H;;5*1H3/q;;;+2;;;;;/p-2. The van der Waals surface area contributed by atoms with Crippen LogP contribution in [0.25, 0.3) is 0 Å². The van der Waals surface area contributed by atoms with E-state index in [9.17, 15) is 0 Å². The summed E-state index contributed by atoms with van der Waals surface area (Å²) in [5, 5.41) is 7.42. The van der Waals surface area contributed by atoms with Crippen LogP contribution in [-0.4, -0.2) is 11.1 Å². The van der Waals surface area contributed by atoms with Gasteiger partial charge in [0.2, 0.25) is 0 Å². The van der Waals surface area contributed by atoms with Crippen LogP contribution in [0.3, 0.4) is 0 Å². The van der Waals surface area contributed by atoms with Crippen LogP contribution in [0.1, 0.15) is 6.92 Å². The van der Waals surface area contributed by atoms with Crippen molar-refractivity contribution >= 4 is 26.3 Å². The van der Waals surface area contributed by atoms with Gasteiger partial charge in [-0.2, -0.15) is 0 Å². The third kappa shape index (κ3) is 7130. The maximum absolute atomic E-state index is 9.00. The maximum atomic E-state index is 9.00. The first kappa shape index (κ1) is 55.5. The van der Waals surface area contributed by atoms with Crippen LogP contribution < -0.4 is 30.8 Å². The summed E-state index contributed by atoms with van der Waals surface area (Å²) in [5.41, 5.74) is 0. The predicted octanol–water partition coefficient (Wildman–Crippen LogP) is 2.28. The summed E-state index contributed by atoms with van der Waals surface area (Å²) in [6, 6.07) is 0. The molecule has 0 aliphatic heterocycles. The second-order valence-corrected chi connectivity index (χ2v) is 2.29. The summed E-state index contributed by atoms with van der Waals surface area (Å²) in [5.74, 6) is -0.833. The summed E-state index contributed by atoms with van der Waals surface area (Å²) < 4.78 is 0. The fourth-order valence-corrected chi connectivity index (χ4v) is 0. The number of hydrogen-bond donors (Lipinski definition) is 6. The van der Waals surface area contributed by atoms with Crippen LogP contribution in [0.2, 0.25) is 0 Å². The number of aliphatic carboxylic acids is 1. The molecule has 87 valence electrons. The second kappa shape index (κ2) is 64.2. The van der Waals surface area contributed by atoms with Gasteiger partial charge in [-0.05, 0) is 0 Å². The van der Waals surface area contributed by atoms with Gasteiger partial charge < -0.3 is 35.9 Å². The van der Waals surface area contributed by atoms with Crippen molar-refractivity contribution in [3.63, 3.8) is 0 Å². The second-order valence-electron chi connectivity index (χ2n) is 0.567. The van der Waals surface area contributed by atoms with Crippen LogP contribution in [0.5, 0.6) is 0 Å². The number of carbonyl (C=O) groups is 1. The Bertz CT molecular complexity index is 56.7. The molecule has 0 rings (SSSR count). The topological polar surface area (TPSA) is 212 Å². The molecule has 0 fully saturated rings. The van der Waals surface area contributed by atoms with Crippen molar-refractivity contribution in [3.8, 4) is 0 Å². The Morgan fingerprint density at radius 1 is 1.08 bits per heavy atom. The molecule has 0 spiro atoms. The van der Waals surface area contributed by atoms with E-state index in [1.807, 2.05) is 0 Å². The van der Waals surface area contributed by atoms with E-state index in [1.165, 1.54) is 0 Å². The van der Waals surface area contributed by atoms with E-state index < -0.39 is 5.97 Å². The van der Waals surface area contributed by atoms with E-state index in [0.29, 0.717) is 12.9 Å². The molecule has 0 aromatic carbocycles. The first-order valence-electron chi connectivity index (χ1n) is 1.18. The average molecular weight is 275 g/mol. The number of halogens is 2. The fourth-order valence-electron chi connectivity index (χ4n) is 0. The van der Waals surface area contributed by atoms with Crippen LogP contribution in [0.15, 0.2) is 0 Å². The van der Waals surface area contributed by atoms with Crippen LogP contribution in [-0.2, 0) is 17.7 Å². The number of carboxylic acid groups (broad SMARTS) is 1. The zero-order valence-corrected chi connectivity index (χ0v) is 9.53. The Hall–Kier alpha value is 0.356. The van der Waals surface area contributed by atoms with Gasteiger partial charge in [0.05, 0.1) is 0 Å². The molecule has 0 saturated carbocycles. The summed E-state index contributed by atoms with van der Waals surface area (Å²) in [7, 11) is 9.47. The normalized spacial score (nSPS) is 3.92. The summed E-state index contributed by atoms with van der Waals surface area (Å²) in [4.78, 5) is 9.00. The molecule has 7 nitrogen and oxygen atoms in total. The average Bonchev–Trinajstić information content (AvgIpc) is 1.33. The molecule has 0 aromatic heterocycles. The molecule has 10 heteroatoms. The van der Waals surface area contributed by atoms with Crippen LogP contribution >= 0.6 is 20.3 Å². The molecule has 0 radical (unpaired) electrons. The molecular formula is C2H19Cl2CoN5O2. The van der Waals surface area contributed by atoms with E-state index in [-0.39, 0.29) is 30.8 Å². The molecule has 0 amide bonds. The number of carboxylic acids is 1. The Morgan fingerprint density at radius 2 is 1.08 bits per heavy atom. The SMILES string of the molecule is CC(=O)O.N.N.N.N.N.[Cl][Co][Cl]. The molecule has 0 heterocycles. The molecule has 16 N–H and O–H groups in total. The Labute approximate surface area is 87.0 Å². The molecule has 0 unspecified atom stereocenters. The van der Waals surface area contributed by atoms with Crippen molar-refractivity contribution in [1.82, 2.24) is 30.8 Å². The molecule has 0 aliphatic rings. The molecule has 12 heavy (non-hydrogen) atoms. The minimum atomic E-state index is -0.833. The first-order chi connectivity index (χ1) is 3.15. The van der Waals surface area contributed by atoms with Gasteiger partial charge in [0, 0.05) is 6.92 Å². The number of rotatable bonds is 0. The molecule has 0 aromatic rings. The monoisotopic (exact) mass is 274 g/mol. The third-order valence-electron chi connectivity index (χ3n) is 0. The molecule has 0 bridgehead atoms.